The Morgan fingerprint density at radius 2 is 0.0190 bits per heavy atom. The summed E-state index contributed by atoms with van der Waals surface area (Å²) in [4.78, 5) is 0. The monoisotopic (exact) mass is 2880 g/mol. The van der Waals surface area contributed by atoms with Crippen LogP contribution in [0.4, 0.5) is 0 Å². The van der Waals surface area contributed by atoms with E-state index in [-0.39, 0.29) is 2190 Å². The molecule has 55 nitrogen and oxygen atoms in total. The van der Waals surface area contributed by atoms with Crippen LogP contribution in [0.25, 0.3) is 0 Å². The zero-order valence-corrected chi connectivity index (χ0v) is 168. The molecule has 0 saturated carbocycles. The molecule has 0 heterocycles. The first-order valence-corrected chi connectivity index (χ1v) is 0. The summed E-state index contributed by atoms with van der Waals surface area (Å²) in [5.41, 5.74) is 0. The molecule has 0 radical (unpaired) electrons. The predicted molar refractivity (Wildman–Crippen MR) is 325 cm³/mol. The average Bonchev–Trinajstić information content (AvgIpc) is 0. The maximum absolute atomic E-state index is 0. The van der Waals surface area contributed by atoms with Crippen molar-refractivity contribution in [2.45, 2.75) is 0 Å². The zero-order chi connectivity index (χ0) is 0. The second-order valence-electron chi connectivity index (χ2n) is 0. The van der Waals surface area contributed by atoms with Gasteiger partial charge in [-0.3, -0.25) is 0 Å². The molecule has 0 aliphatic heterocycles. The van der Waals surface area contributed by atoms with E-state index < -0.39 is 0 Å². The molecular weight excluding hydrogens is 2880 g/mol. The van der Waals surface area contributed by atoms with Crippen LogP contribution in [0.1, 0.15) is 0 Å². The molecule has 0 atom stereocenters. The Bertz CT molecular complexity index is 105. The van der Waals surface area contributed by atoms with Crippen molar-refractivity contribution in [3.05, 3.63) is 0 Å². The molecule has 0 N–H and O–H groups in total. The maximum atomic E-state index is 0. The number of hydrogen-bond donors (Lipinski definition) is 0. The summed E-state index contributed by atoms with van der Waals surface area (Å²) in [6, 6.07) is 0. The Balaban J connectivity index is 0. The standard InChI is InChI=1S/50Ca.55O/q50*+2;55*-2. The van der Waals surface area contributed by atoms with E-state index in [1.807, 2.05) is 0 Å². The quantitative estimate of drug-likeness (QED) is 0.204. The minimum atomic E-state index is 0. The largest absolute Gasteiger partial charge is 2.00 e. The minimum absolute atomic E-state index is 0. The second-order valence-corrected chi connectivity index (χ2v) is 0. The number of hydrogen-bond acceptors (Lipinski definition) is 0. The van der Waals surface area contributed by atoms with Gasteiger partial charge in [-0.05, 0) is 0 Å². The molecule has 0 saturated heterocycles. The van der Waals surface area contributed by atoms with Crippen molar-refractivity contribution in [1.29, 1.82) is 0 Å². The summed E-state index contributed by atoms with van der Waals surface area (Å²) in [6.45, 7) is 0. The third-order valence-electron chi connectivity index (χ3n) is 0. The van der Waals surface area contributed by atoms with Crippen LogP contribution in [0.5, 0.6) is 0 Å². The van der Waals surface area contributed by atoms with Crippen molar-refractivity contribution >= 4 is 1890 Å². The molecule has 105 heavy (non-hydrogen) atoms. The van der Waals surface area contributed by atoms with E-state index in [1.54, 1.807) is 0 Å². The summed E-state index contributed by atoms with van der Waals surface area (Å²) in [5, 5.41) is 0. The first-order valence-electron chi connectivity index (χ1n) is 0. The van der Waals surface area contributed by atoms with Crippen LogP contribution >= 0.6 is 0 Å². The molecular formula is Ca50O55-10. The number of rotatable bonds is 0. The van der Waals surface area contributed by atoms with Crippen molar-refractivity contribution in [1.82, 2.24) is 0 Å². The van der Waals surface area contributed by atoms with E-state index in [9.17, 15) is 0 Å². The van der Waals surface area contributed by atoms with Gasteiger partial charge >= 0.3 is 1890 Å². The Morgan fingerprint density at radius 3 is 0.0190 bits per heavy atom. The third kappa shape index (κ3) is 1180. The molecule has 0 fully saturated rings. The van der Waals surface area contributed by atoms with Crippen LogP contribution in [0.2, 0.25) is 0 Å². The predicted octanol–water partition coefficient (Wildman–Crippen LogP) is -25.6. The van der Waals surface area contributed by atoms with Crippen molar-refractivity contribution in [2.75, 3.05) is 0 Å². The van der Waals surface area contributed by atoms with E-state index in [1.165, 1.54) is 0 Å². The molecule has 0 aromatic carbocycles. The van der Waals surface area contributed by atoms with Gasteiger partial charge < -0.3 is 301 Å². The molecule has 0 aliphatic carbocycles. The van der Waals surface area contributed by atoms with Gasteiger partial charge in [0, 0.05) is 0 Å². The smallest absolute Gasteiger partial charge is 2.00 e. The van der Waals surface area contributed by atoms with E-state index in [2.05, 4.69) is 0 Å². The van der Waals surface area contributed by atoms with Crippen LogP contribution < -0.4 is 0 Å². The molecule has 0 aliphatic rings. The summed E-state index contributed by atoms with van der Waals surface area (Å²) >= 11 is 0. The van der Waals surface area contributed by atoms with E-state index in [0.29, 0.717) is 0 Å². The van der Waals surface area contributed by atoms with Gasteiger partial charge in [0.1, 0.15) is 0 Å². The summed E-state index contributed by atoms with van der Waals surface area (Å²) in [6.07, 6.45) is 0. The molecule has 0 amide bonds. The van der Waals surface area contributed by atoms with Crippen molar-refractivity contribution < 1.29 is 301 Å². The Kier molecular flexibility index (Phi) is 13900. The normalized spacial score (nSPS) is 0. The van der Waals surface area contributed by atoms with E-state index in [0.717, 1.165) is 0 Å². The molecule has 0 bridgehead atoms. The van der Waals surface area contributed by atoms with Gasteiger partial charge in [-0.1, -0.05) is 0 Å². The maximum Gasteiger partial charge on any atom is 2.00 e. The average molecular weight is 2880 g/mol. The van der Waals surface area contributed by atoms with Crippen molar-refractivity contribution in [2.24, 2.45) is 0 Å². The van der Waals surface area contributed by atoms with Gasteiger partial charge in [-0.25, -0.2) is 0 Å². The molecule has 0 unspecified atom stereocenters. The summed E-state index contributed by atoms with van der Waals surface area (Å²) in [5.74, 6) is 0. The van der Waals surface area contributed by atoms with E-state index >= 15 is 0 Å². The van der Waals surface area contributed by atoms with Crippen molar-refractivity contribution in [3.8, 4) is 0 Å². The van der Waals surface area contributed by atoms with Crippen LogP contribution in [0.15, 0.2) is 0 Å². The van der Waals surface area contributed by atoms with Gasteiger partial charge in [-0.2, -0.15) is 0 Å². The van der Waals surface area contributed by atoms with Gasteiger partial charge in [0.05, 0.1) is 0 Å². The van der Waals surface area contributed by atoms with Gasteiger partial charge in [0.25, 0.3) is 0 Å². The van der Waals surface area contributed by atoms with Crippen LogP contribution in [0, 0.1) is 0 Å². The fourth-order valence-corrected chi connectivity index (χ4v) is 0. The fourth-order valence-electron chi connectivity index (χ4n) is 0. The second kappa shape index (κ2) is 1200. The Hall–Kier alpha value is 60.8. The fraction of sp³-hybridized carbons (Fsp3) is 0. The van der Waals surface area contributed by atoms with Crippen molar-refractivity contribution in [3.63, 3.8) is 0 Å². The molecule has 0 aromatic rings. The Morgan fingerprint density at radius 1 is 0.0190 bits per heavy atom. The van der Waals surface area contributed by atoms with Gasteiger partial charge in [-0.15, -0.1) is 0 Å². The molecule has 0 aromatic heterocycles. The topological polar surface area (TPSA) is 1570 Å². The molecule has 0 spiro atoms. The van der Waals surface area contributed by atoms with Gasteiger partial charge in [0.15, 0.2) is 0 Å². The van der Waals surface area contributed by atoms with Gasteiger partial charge in [0.2, 0.25) is 0 Å². The summed E-state index contributed by atoms with van der Waals surface area (Å²) < 4.78 is 0. The summed E-state index contributed by atoms with van der Waals surface area (Å²) in [7, 11) is 0. The van der Waals surface area contributed by atoms with Crippen LogP contribution in [-0.2, 0) is 301 Å². The first kappa shape index (κ1) is 1220. The first-order chi connectivity index (χ1) is 0. The SMILES string of the molecule is [Ca+2].[Ca+2].[Ca+2].[Ca+2].[Ca+2].[Ca+2].[Ca+2].[Ca+2].[Ca+2].[Ca+2].[Ca+2].[Ca+2].[Ca+2].[Ca+2].[Ca+2].[Ca+2].[Ca+2].[Ca+2].[Ca+2].[Ca+2].[Ca+2].[Ca+2].[Ca+2].[Ca+2].[Ca+2].[Ca+2].[Ca+2].[Ca+2].[Ca+2].[Ca+2].[Ca+2].[Ca+2].[Ca+2].[Ca+2].[Ca+2].[Ca+2].[Ca+2].[Ca+2].[Ca+2].[Ca+2].[Ca+2].[Ca+2].[Ca+2].[Ca+2].[Ca+2].[Ca+2].[Ca+2].[Ca+2].[Ca+2].[Ca+2].[O-2].[O-2].[O-2].[O-2].[O-2].[O-2].[O-2].[O-2].[O-2].[O-2].[O-2].[O-2].[O-2].[O-2].[O-2].[O-2].[O-2].[O-2].[O-2].[O-2].[O-2].[O-2].[O-2].[O-2].[O-2].[O-2].[O-2].[O-2].[O-2].[O-2].[O-2].[O-2].[O-2].[O-2].[O-2].[O-2].[O-2].[O-2].[O-2].[O-2].[O-2].[O-2].[O-2].[O-2].[O-2].[O-2].[O-2].[O-2].[O-2].[O-2].[O-2].[O-2].[O-2].[O-2].[O-2]. The van der Waals surface area contributed by atoms with E-state index in [4.69, 9.17) is 0 Å². The minimum Gasteiger partial charge on any atom is -2.00 e. The molecule has 105 heteroatoms. The Labute approximate surface area is 2110 Å². The molecule has 440 valence electrons. The van der Waals surface area contributed by atoms with Crippen LogP contribution in [-0.4, -0.2) is 1890 Å². The zero-order valence-electron chi connectivity index (χ0n) is 57.8. The molecule has 0 rings (SSSR count). The van der Waals surface area contributed by atoms with Crippen LogP contribution in [0.3, 0.4) is 0 Å². The third-order valence-corrected chi connectivity index (χ3v) is 0.